The van der Waals surface area contributed by atoms with Gasteiger partial charge >= 0.3 is 0 Å². The molecule has 1 saturated carbocycles. The molecule has 1 aromatic carbocycles. The number of hydrogen-bond donors (Lipinski definition) is 2. The van der Waals surface area contributed by atoms with Gasteiger partial charge in [0, 0.05) is 60.3 Å². The maximum Gasteiger partial charge on any atom is 0.264 e. The van der Waals surface area contributed by atoms with Crippen LogP contribution in [0.4, 0.5) is 11.8 Å². The van der Waals surface area contributed by atoms with Gasteiger partial charge in [0.2, 0.25) is 5.95 Å². The van der Waals surface area contributed by atoms with Crippen molar-refractivity contribution in [3.63, 3.8) is 0 Å². The molecule has 39 heavy (non-hydrogen) atoms. The smallest absolute Gasteiger partial charge is 0.264 e. The van der Waals surface area contributed by atoms with Crippen molar-refractivity contribution in [1.82, 2.24) is 19.9 Å². The van der Waals surface area contributed by atoms with Crippen LogP contribution in [0.2, 0.25) is 5.02 Å². The van der Waals surface area contributed by atoms with E-state index in [1.807, 2.05) is 25.1 Å². The van der Waals surface area contributed by atoms with E-state index >= 15 is 0 Å². The van der Waals surface area contributed by atoms with Crippen molar-refractivity contribution in [1.29, 1.82) is 0 Å². The number of benzene rings is 1. The molecule has 1 aliphatic carbocycles. The predicted octanol–water partition coefficient (Wildman–Crippen LogP) is 5.58. The average Bonchev–Trinajstić information content (AvgIpc) is 2.94. The van der Waals surface area contributed by atoms with Crippen molar-refractivity contribution < 1.29 is 8.42 Å². The summed E-state index contributed by atoms with van der Waals surface area (Å²) in [6.45, 7) is 4.29. The number of aromatic nitrogens is 3. The largest absolute Gasteiger partial charge is 0.351 e. The first-order valence-corrected chi connectivity index (χ1v) is 16.2. The molecule has 0 spiro atoms. The van der Waals surface area contributed by atoms with Gasteiger partial charge in [-0.3, -0.25) is 9.62 Å². The van der Waals surface area contributed by atoms with Gasteiger partial charge in [0.1, 0.15) is 10.7 Å². The minimum Gasteiger partial charge on any atom is -0.351 e. The van der Waals surface area contributed by atoms with Crippen molar-refractivity contribution >= 4 is 57.3 Å². The second-order valence-corrected chi connectivity index (χ2v) is 13.2. The highest BCUT2D eigenvalue weighted by Crippen LogP contribution is 2.27. The molecule has 5 rings (SSSR count). The lowest BCUT2D eigenvalue weighted by Gasteiger charge is -2.38. The molecule has 1 saturated heterocycles. The quantitative estimate of drug-likeness (QED) is 0.354. The zero-order valence-corrected chi connectivity index (χ0v) is 24.3. The molecule has 1 aliphatic heterocycles. The second kappa shape index (κ2) is 12.7. The Bertz CT molecular complexity index is 1400. The Morgan fingerprint density at radius 3 is 2.41 bits per heavy atom. The Kier molecular flexibility index (Phi) is 9.06. The summed E-state index contributed by atoms with van der Waals surface area (Å²) in [6, 6.07) is 10.9. The highest BCUT2D eigenvalue weighted by atomic mass is 35.5. The van der Waals surface area contributed by atoms with E-state index in [4.69, 9.17) is 11.6 Å². The molecule has 0 amide bonds. The van der Waals surface area contributed by atoms with Gasteiger partial charge in [-0.1, -0.05) is 35.9 Å². The van der Waals surface area contributed by atoms with Crippen LogP contribution in [0, 0.1) is 6.92 Å². The molecule has 0 unspecified atom stereocenters. The van der Waals surface area contributed by atoms with E-state index in [0.29, 0.717) is 17.7 Å². The molecule has 0 atom stereocenters. The number of halogens is 1. The van der Waals surface area contributed by atoms with Crippen LogP contribution in [-0.4, -0.2) is 64.9 Å². The number of thioether (sulfide) groups is 1. The van der Waals surface area contributed by atoms with Gasteiger partial charge in [-0.15, -0.1) is 0 Å². The van der Waals surface area contributed by atoms with Crippen LogP contribution >= 0.6 is 23.4 Å². The molecule has 11 heteroatoms. The zero-order valence-electron chi connectivity index (χ0n) is 21.9. The SMILES string of the molecule is Cc1nc(NS(=O)(=O)c2ccccc2Cl)ccc1/C=C/c1cnc(NC2CCC(N3CCSCC3)CC2)nc1. The summed E-state index contributed by atoms with van der Waals surface area (Å²) in [5.74, 6) is 3.42. The van der Waals surface area contributed by atoms with Crippen LogP contribution in [0.1, 0.15) is 42.5 Å². The number of hydrogen-bond acceptors (Lipinski definition) is 8. The standard InChI is InChI=1S/C28H33ClN6O2S2/c1-20-22(8-13-27(32-20)34-39(36,37)26-5-3-2-4-25(26)29)7-6-21-18-30-28(31-19-21)33-23-9-11-24(12-10-23)35-14-16-38-17-15-35/h2-8,13,18-19,23-24H,9-12,14-17H2,1H3,(H,32,34)(H,30,31,33)/b7-6+. The van der Waals surface area contributed by atoms with Crippen molar-refractivity contribution in [3.8, 4) is 0 Å². The molecular formula is C28H33ClN6O2S2. The van der Waals surface area contributed by atoms with Crippen LogP contribution < -0.4 is 10.0 Å². The van der Waals surface area contributed by atoms with E-state index in [0.717, 1.165) is 30.0 Å². The molecular weight excluding hydrogens is 552 g/mol. The number of anilines is 2. The third-order valence-electron chi connectivity index (χ3n) is 7.21. The fourth-order valence-corrected chi connectivity index (χ4v) is 7.51. The first-order chi connectivity index (χ1) is 18.9. The second-order valence-electron chi connectivity index (χ2n) is 9.88. The van der Waals surface area contributed by atoms with Gasteiger partial charge in [-0.05, 0) is 62.4 Å². The van der Waals surface area contributed by atoms with Crippen LogP contribution in [0.25, 0.3) is 12.2 Å². The topological polar surface area (TPSA) is 100 Å². The lowest BCUT2D eigenvalue weighted by molar-refractivity contribution is 0.166. The summed E-state index contributed by atoms with van der Waals surface area (Å²) in [5.41, 5.74) is 2.42. The van der Waals surface area contributed by atoms with Crippen molar-refractivity contribution in [2.45, 2.75) is 49.6 Å². The highest BCUT2D eigenvalue weighted by Gasteiger charge is 2.27. The fourth-order valence-electron chi connectivity index (χ4n) is 5.06. The summed E-state index contributed by atoms with van der Waals surface area (Å²) < 4.78 is 27.9. The highest BCUT2D eigenvalue weighted by molar-refractivity contribution is 7.99. The fraction of sp³-hybridized carbons (Fsp3) is 0.393. The Morgan fingerprint density at radius 2 is 1.72 bits per heavy atom. The van der Waals surface area contributed by atoms with Gasteiger partial charge in [-0.2, -0.15) is 11.8 Å². The molecule has 0 bridgehead atoms. The molecule has 2 N–H and O–H groups in total. The maximum absolute atomic E-state index is 12.7. The van der Waals surface area contributed by atoms with Gasteiger partial charge in [0.05, 0.1) is 5.02 Å². The monoisotopic (exact) mass is 584 g/mol. The van der Waals surface area contributed by atoms with Crippen molar-refractivity contribution in [3.05, 3.63) is 70.6 Å². The Morgan fingerprint density at radius 1 is 1.00 bits per heavy atom. The Hall–Kier alpha value is -2.66. The predicted molar refractivity (Wildman–Crippen MR) is 161 cm³/mol. The van der Waals surface area contributed by atoms with Gasteiger partial charge in [-0.25, -0.2) is 23.4 Å². The van der Waals surface area contributed by atoms with Crippen LogP contribution in [0.3, 0.4) is 0 Å². The van der Waals surface area contributed by atoms with E-state index < -0.39 is 10.0 Å². The molecule has 8 nitrogen and oxygen atoms in total. The number of nitrogens with one attached hydrogen (secondary N) is 2. The molecule has 2 fully saturated rings. The molecule has 206 valence electrons. The third-order valence-corrected chi connectivity index (χ3v) is 10.0. The first-order valence-electron chi connectivity index (χ1n) is 13.2. The third kappa shape index (κ3) is 7.30. The number of nitrogens with zero attached hydrogens (tertiary/aromatic N) is 4. The van der Waals surface area contributed by atoms with Crippen molar-refractivity contribution in [2.75, 3.05) is 34.6 Å². The molecule has 2 aliphatic rings. The van der Waals surface area contributed by atoms with Crippen LogP contribution in [0.15, 0.2) is 53.7 Å². The summed E-state index contributed by atoms with van der Waals surface area (Å²) in [4.78, 5) is 16.1. The zero-order chi connectivity index (χ0) is 27.2. The van der Waals surface area contributed by atoms with Crippen molar-refractivity contribution in [2.24, 2.45) is 0 Å². The van der Waals surface area contributed by atoms with Crippen LogP contribution in [0.5, 0.6) is 0 Å². The lowest BCUT2D eigenvalue weighted by atomic mass is 9.90. The average molecular weight is 585 g/mol. The van der Waals surface area contributed by atoms with E-state index in [1.54, 1.807) is 30.6 Å². The first kappa shape index (κ1) is 27.9. The Balaban J connectivity index is 1.14. The molecule has 2 aromatic heterocycles. The number of aryl methyl sites for hydroxylation is 1. The van der Waals surface area contributed by atoms with E-state index in [-0.39, 0.29) is 15.7 Å². The minimum atomic E-state index is -3.84. The Labute approximate surface area is 239 Å². The van der Waals surface area contributed by atoms with E-state index in [1.165, 1.54) is 49.6 Å². The van der Waals surface area contributed by atoms with Gasteiger partial charge in [0.25, 0.3) is 10.0 Å². The van der Waals surface area contributed by atoms with E-state index in [2.05, 4.69) is 41.7 Å². The summed E-state index contributed by atoms with van der Waals surface area (Å²) in [5, 5.41) is 3.67. The maximum atomic E-state index is 12.7. The minimum absolute atomic E-state index is 0.0115. The summed E-state index contributed by atoms with van der Waals surface area (Å²) in [7, 11) is -3.84. The number of sulfonamides is 1. The number of rotatable bonds is 8. The molecule has 3 heterocycles. The molecule has 0 radical (unpaired) electrons. The normalized spacial score (nSPS) is 20.7. The van der Waals surface area contributed by atoms with Gasteiger partial charge in [0.15, 0.2) is 0 Å². The van der Waals surface area contributed by atoms with E-state index in [9.17, 15) is 8.42 Å². The lowest BCUT2D eigenvalue weighted by Crippen LogP contribution is -2.44. The summed E-state index contributed by atoms with van der Waals surface area (Å²) >= 11 is 8.12. The molecule has 3 aromatic rings. The summed E-state index contributed by atoms with van der Waals surface area (Å²) in [6.07, 6.45) is 12.2. The number of pyridine rings is 1. The van der Waals surface area contributed by atoms with Gasteiger partial charge < -0.3 is 5.32 Å². The van der Waals surface area contributed by atoms with Crippen LogP contribution in [-0.2, 0) is 10.0 Å².